The maximum Gasteiger partial charge on any atom is 0.309 e. The van der Waals surface area contributed by atoms with Gasteiger partial charge in [-0.25, -0.2) is 0 Å². The average molecular weight is 348 g/mol. The number of hydrogen-bond donors (Lipinski definition) is 2. The molecular formula is C18H24N2O5. The minimum Gasteiger partial charge on any atom is -0.497 e. The second-order valence-corrected chi connectivity index (χ2v) is 6.67. The molecule has 25 heavy (non-hydrogen) atoms. The van der Waals surface area contributed by atoms with E-state index >= 15 is 0 Å². The predicted octanol–water partition coefficient (Wildman–Crippen LogP) is 1.13. The second kappa shape index (κ2) is 7.31. The number of rotatable bonds is 6. The minimum absolute atomic E-state index is 0.0916. The van der Waals surface area contributed by atoms with Crippen molar-refractivity contribution in [3.8, 4) is 11.5 Å². The van der Waals surface area contributed by atoms with Crippen molar-refractivity contribution in [1.29, 1.82) is 0 Å². The summed E-state index contributed by atoms with van der Waals surface area (Å²) in [4.78, 5) is 25.4. The molecule has 1 aromatic carbocycles. The van der Waals surface area contributed by atoms with Gasteiger partial charge in [-0.2, -0.15) is 0 Å². The molecule has 2 saturated heterocycles. The number of amides is 1. The first-order chi connectivity index (χ1) is 12.0. The number of carbonyl (C=O) groups excluding carboxylic acids is 1. The van der Waals surface area contributed by atoms with Crippen molar-refractivity contribution < 1.29 is 24.2 Å². The van der Waals surface area contributed by atoms with E-state index < -0.39 is 17.4 Å². The number of aliphatic carboxylic acids is 1. The minimum atomic E-state index is -0.881. The zero-order valence-electron chi connectivity index (χ0n) is 14.4. The van der Waals surface area contributed by atoms with Gasteiger partial charge in [0.1, 0.15) is 18.1 Å². The maximum absolute atomic E-state index is 11.7. The Bertz CT molecular complexity index is 640. The number of nitrogens with zero attached hydrogens (tertiary/aromatic N) is 1. The third-order valence-electron chi connectivity index (χ3n) is 5.21. The second-order valence-electron chi connectivity index (χ2n) is 6.67. The van der Waals surface area contributed by atoms with Crippen LogP contribution in [-0.4, -0.2) is 60.8 Å². The molecule has 2 aliphatic heterocycles. The fourth-order valence-corrected chi connectivity index (χ4v) is 3.75. The number of methoxy groups -OCH3 is 1. The van der Waals surface area contributed by atoms with Gasteiger partial charge in [-0.15, -0.1) is 0 Å². The van der Waals surface area contributed by atoms with Gasteiger partial charge in [-0.3, -0.25) is 14.5 Å². The van der Waals surface area contributed by atoms with Crippen LogP contribution in [0.1, 0.15) is 19.3 Å². The first-order valence-corrected chi connectivity index (χ1v) is 8.55. The van der Waals surface area contributed by atoms with Gasteiger partial charge in [0.05, 0.1) is 18.6 Å². The summed E-state index contributed by atoms with van der Waals surface area (Å²) in [7, 11) is 1.62. The van der Waals surface area contributed by atoms with Crippen LogP contribution in [0.15, 0.2) is 24.3 Å². The third kappa shape index (κ3) is 3.87. The van der Waals surface area contributed by atoms with E-state index in [2.05, 4.69) is 10.2 Å². The SMILES string of the molecule is COc1cccc(OCCN2CCC3(CC2)NC(=O)CC3C(=O)O)c1. The molecule has 7 nitrogen and oxygen atoms in total. The fourth-order valence-electron chi connectivity index (χ4n) is 3.75. The van der Waals surface area contributed by atoms with Gasteiger partial charge in [-0.05, 0) is 25.0 Å². The summed E-state index contributed by atoms with van der Waals surface area (Å²) >= 11 is 0. The molecule has 1 unspecified atom stereocenters. The number of hydrogen-bond acceptors (Lipinski definition) is 5. The third-order valence-corrected chi connectivity index (χ3v) is 5.21. The van der Waals surface area contributed by atoms with E-state index in [1.807, 2.05) is 24.3 Å². The van der Waals surface area contributed by atoms with Gasteiger partial charge < -0.3 is 19.9 Å². The van der Waals surface area contributed by atoms with Crippen molar-refractivity contribution >= 4 is 11.9 Å². The Morgan fingerprint density at radius 1 is 1.36 bits per heavy atom. The molecule has 2 fully saturated rings. The Kier molecular flexibility index (Phi) is 5.13. The molecule has 3 rings (SSSR count). The van der Waals surface area contributed by atoms with Crippen molar-refractivity contribution in [2.75, 3.05) is 33.4 Å². The Morgan fingerprint density at radius 3 is 2.76 bits per heavy atom. The lowest BCUT2D eigenvalue weighted by molar-refractivity contribution is -0.144. The quantitative estimate of drug-likeness (QED) is 0.801. The first-order valence-electron chi connectivity index (χ1n) is 8.55. The van der Waals surface area contributed by atoms with Gasteiger partial charge in [0.2, 0.25) is 5.91 Å². The number of carboxylic acid groups (broad SMARTS) is 1. The van der Waals surface area contributed by atoms with Gasteiger partial charge in [0.25, 0.3) is 0 Å². The van der Waals surface area contributed by atoms with E-state index in [1.165, 1.54) is 0 Å². The predicted molar refractivity (Wildman–Crippen MR) is 90.8 cm³/mol. The Balaban J connectivity index is 1.48. The van der Waals surface area contributed by atoms with Crippen molar-refractivity contribution in [3.05, 3.63) is 24.3 Å². The zero-order chi connectivity index (χ0) is 17.9. The molecular weight excluding hydrogens is 324 g/mol. The number of benzene rings is 1. The van der Waals surface area contributed by atoms with Crippen molar-refractivity contribution in [2.45, 2.75) is 24.8 Å². The summed E-state index contributed by atoms with van der Waals surface area (Å²) in [5.41, 5.74) is -0.576. The number of carboxylic acids is 1. The number of ether oxygens (including phenoxy) is 2. The highest BCUT2D eigenvalue weighted by Gasteiger charge is 2.51. The topological polar surface area (TPSA) is 88.1 Å². The van der Waals surface area contributed by atoms with Gasteiger partial charge in [0.15, 0.2) is 0 Å². The van der Waals surface area contributed by atoms with Crippen LogP contribution in [0.2, 0.25) is 0 Å². The highest BCUT2D eigenvalue weighted by Crippen LogP contribution is 2.36. The van der Waals surface area contributed by atoms with Crippen LogP contribution >= 0.6 is 0 Å². The average Bonchev–Trinajstić information content (AvgIpc) is 2.93. The van der Waals surface area contributed by atoms with Crippen LogP contribution in [-0.2, 0) is 9.59 Å². The molecule has 136 valence electrons. The summed E-state index contributed by atoms with van der Waals surface area (Å²) in [6.45, 7) is 2.82. The molecule has 1 amide bonds. The van der Waals surface area contributed by atoms with E-state index in [1.54, 1.807) is 7.11 Å². The Morgan fingerprint density at radius 2 is 2.08 bits per heavy atom. The number of piperidine rings is 1. The fraction of sp³-hybridized carbons (Fsp3) is 0.556. The highest BCUT2D eigenvalue weighted by atomic mass is 16.5. The molecule has 0 aromatic heterocycles. The molecule has 0 radical (unpaired) electrons. The molecule has 0 bridgehead atoms. The molecule has 1 spiro atoms. The van der Waals surface area contributed by atoms with Crippen LogP contribution in [0, 0.1) is 5.92 Å². The summed E-state index contributed by atoms with van der Waals surface area (Å²) in [5, 5.41) is 12.3. The summed E-state index contributed by atoms with van der Waals surface area (Å²) < 4.78 is 10.9. The van der Waals surface area contributed by atoms with Crippen molar-refractivity contribution in [3.63, 3.8) is 0 Å². The lowest BCUT2D eigenvalue weighted by Crippen LogP contribution is -2.56. The Labute approximate surface area is 146 Å². The van der Waals surface area contributed by atoms with Crippen LogP contribution in [0.4, 0.5) is 0 Å². The van der Waals surface area contributed by atoms with Gasteiger partial charge in [0, 0.05) is 32.1 Å². The number of nitrogens with one attached hydrogen (secondary N) is 1. The van der Waals surface area contributed by atoms with Crippen LogP contribution in [0.5, 0.6) is 11.5 Å². The summed E-state index contributed by atoms with van der Waals surface area (Å²) in [5.74, 6) is -0.124. The van der Waals surface area contributed by atoms with Crippen LogP contribution in [0.25, 0.3) is 0 Å². The van der Waals surface area contributed by atoms with Crippen molar-refractivity contribution in [2.24, 2.45) is 5.92 Å². The molecule has 1 atom stereocenters. The van der Waals surface area contributed by atoms with E-state index in [9.17, 15) is 14.7 Å². The number of likely N-dealkylation sites (tertiary alicyclic amines) is 1. The van der Waals surface area contributed by atoms with Gasteiger partial charge in [-0.1, -0.05) is 6.07 Å². The molecule has 1 aromatic rings. The zero-order valence-corrected chi connectivity index (χ0v) is 14.4. The van der Waals surface area contributed by atoms with Crippen LogP contribution in [0.3, 0.4) is 0 Å². The van der Waals surface area contributed by atoms with E-state index in [4.69, 9.17) is 9.47 Å². The van der Waals surface area contributed by atoms with Gasteiger partial charge >= 0.3 is 5.97 Å². The highest BCUT2D eigenvalue weighted by molar-refractivity contribution is 5.88. The molecule has 2 heterocycles. The Hall–Kier alpha value is -2.28. The molecule has 2 aliphatic rings. The van der Waals surface area contributed by atoms with E-state index in [0.717, 1.165) is 31.1 Å². The largest absolute Gasteiger partial charge is 0.497 e. The monoisotopic (exact) mass is 348 g/mol. The molecule has 2 N–H and O–H groups in total. The van der Waals surface area contributed by atoms with Crippen molar-refractivity contribution in [1.82, 2.24) is 10.2 Å². The standard InChI is InChI=1S/C18H24N2O5/c1-24-13-3-2-4-14(11-13)25-10-9-20-7-5-18(6-8-20)15(17(22)23)12-16(21)19-18/h2-4,11,15H,5-10,12H2,1H3,(H,19,21)(H,22,23). The molecule has 0 aliphatic carbocycles. The van der Waals surface area contributed by atoms with E-state index in [0.29, 0.717) is 19.4 Å². The summed E-state index contributed by atoms with van der Waals surface area (Å²) in [6, 6.07) is 7.48. The lowest BCUT2D eigenvalue weighted by Gasteiger charge is -2.41. The lowest BCUT2D eigenvalue weighted by atomic mass is 9.78. The smallest absolute Gasteiger partial charge is 0.309 e. The van der Waals surface area contributed by atoms with Crippen LogP contribution < -0.4 is 14.8 Å². The summed E-state index contributed by atoms with van der Waals surface area (Å²) in [6.07, 6.45) is 1.41. The number of carbonyl (C=O) groups is 2. The molecule has 7 heteroatoms. The molecule has 0 saturated carbocycles. The maximum atomic E-state index is 11.7. The van der Waals surface area contributed by atoms with E-state index in [-0.39, 0.29) is 12.3 Å². The normalized spacial score (nSPS) is 22.6. The first kappa shape index (κ1) is 17.5.